The van der Waals surface area contributed by atoms with Gasteiger partial charge in [0.2, 0.25) is 0 Å². The molecule has 7 heteroatoms. The molecular weight excluding hydrogens is 187 g/mol. The van der Waals surface area contributed by atoms with Gasteiger partial charge in [-0.1, -0.05) is 0 Å². The maximum Gasteiger partial charge on any atom is 0.360 e. The molecule has 0 aliphatic heterocycles. The van der Waals surface area contributed by atoms with E-state index in [9.17, 15) is 9.36 Å². The van der Waals surface area contributed by atoms with Crippen molar-refractivity contribution in [3.05, 3.63) is 12.2 Å². The quantitative estimate of drug-likeness (QED) is 0.357. The Morgan fingerprint density at radius 2 is 1.92 bits per heavy atom. The van der Waals surface area contributed by atoms with Gasteiger partial charge in [0.15, 0.2) is 5.34 Å². The molecule has 0 bridgehead atoms. The molecule has 1 unspecified atom stereocenters. The van der Waals surface area contributed by atoms with Crippen molar-refractivity contribution in [1.29, 1.82) is 0 Å². The monoisotopic (exact) mass is 196 g/mol. The predicted molar refractivity (Wildman–Crippen MR) is 39.4 cm³/mol. The number of aliphatic hydroxyl groups is 1. The van der Waals surface area contributed by atoms with E-state index in [2.05, 4.69) is 0 Å². The Morgan fingerprint density at radius 3 is 2.17 bits per heavy atom. The van der Waals surface area contributed by atoms with E-state index in [4.69, 9.17) is 20.0 Å². The Balaban J connectivity index is 4.66. The van der Waals surface area contributed by atoms with Gasteiger partial charge in [-0.05, 0) is 13.0 Å². The third-order valence-corrected chi connectivity index (χ3v) is 2.46. The fraction of sp³-hybridized carbons (Fsp3) is 0.400. The molecule has 0 fully saturated rings. The van der Waals surface area contributed by atoms with Crippen LogP contribution in [-0.2, 0) is 9.36 Å². The highest BCUT2D eigenvalue weighted by Gasteiger charge is 2.37. The van der Waals surface area contributed by atoms with Crippen LogP contribution in [-0.4, -0.2) is 31.3 Å². The van der Waals surface area contributed by atoms with Crippen molar-refractivity contribution < 1.29 is 29.4 Å². The molecule has 4 N–H and O–H groups in total. The molecule has 12 heavy (non-hydrogen) atoms. The fourth-order valence-electron chi connectivity index (χ4n) is 0.326. The first kappa shape index (κ1) is 11.3. The van der Waals surface area contributed by atoms with E-state index in [0.29, 0.717) is 12.2 Å². The standard InChI is InChI=1S/C5H9O6P/c1-5(8,12(9,10)11)3-2-4(6)7/h2-3,8H,1H3,(H,6,7)(H2,9,10,11)/b3-2+. The minimum atomic E-state index is -4.72. The van der Waals surface area contributed by atoms with Crippen LogP contribution in [0.5, 0.6) is 0 Å². The summed E-state index contributed by atoms with van der Waals surface area (Å²) in [6.07, 6.45) is 1.01. The second kappa shape index (κ2) is 3.37. The van der Waals surface area contributed by atoms with Crippen LogP contribution >= 0.6 is 7.60 Å². The lowest BCUT2D eigenvalue weighted by atomic mass is 10.3. The summed E-state index contributed by atoms with van der Waals surface area (Å²) in [4.78, 5) is 26.9. The summed E-state index contributed by atoms with van der Waals surface area (Å²) in [5.74, 6) is -1.39. The first-order chi connectivity index (χ1) is 5.17. The third kappa shape index (κ3) is 3.15. The van der Waals surface area contributed by atoms with Crippen molar-refractivity contribution in [2.75, 3.05) is 0 Å². The average Bonchev–Trinajstić information content (AvgIpc) is 1.81. The van der Waals surface area contributed by atoms with Gasteiger partial charge in [0, 0.05) is 6.08 Å². The maximum atomic E-state index is 10.5. The normalized spacial score (nSPS) is 17.7. The Bertz CT molecular complexity index is 249. The summed E-state index contributed by atoms with van der Waals surface area (Å²) in [6.45, 7) is 0.827. The van der Waals surface area contributed by atoms with Crippen molar-refractivity contribution in [2.24, 2.45) is 0 Å². The van der Waals surface area contributed by atoms with Crippen molar-refractivity contribution >= 4 is 13.6 Å². The molecule has 0 aliphatic rings. The third-order valence-electron chi connectivity index (χ3n) is 1.13. The van der Waals surface area contributed by atoms with Gasteiger partial charge >= 0.3 is 13.6 Å². The van der Waals surface area contributed by atoms with Crippen LogP contribution in [0.2, 0.25) is 0 Å². The lowest BCUT2D eigenvalue weighted by Gasteiger charge is -2.19. The molecule has 0 heterocycles. The largest absolute Gasteiger partial charge is 0.478 e. The number of hydrogen-bond acceptors (Lipinski definition) is 3. The first-order valence-corrected chi connectivity index (χ1v) is 4.48. The van der Waals surface area contributed by atoms with Crippen molar-refractivity contribution in [3.63, 3.8) is 0 Å². The molecule has 0 spiro atoms. The first-order valence-electron chi connectivity index (χ1n) is 2.87. The number of carboxylic acids is 1. The summed E-state index contributed by atoms with van der Waals surface area (Å²) < 4.78 is 10.5. The smallest absolute Gasteiger partial charge is 0.360 e. The topological polar surface area (TPSA) is 115 Å². The van der Waals surface area contributed by atoms with Gasteiger partial charge in [0.25, 0.3) is 0 Å². The lowest BCUT2D eigenvalue weighted by Crippen LogP contribution is -2.20. The molecule has 0 saturated heterocycles. The predicted octanol–water partition coefficient (Wildman–Crippen LogP) is -0.487. The van der Waals surface area contributed by atoms with Crippen molar-refractivity contribution in [1.82, 2.24) is 0 Å². The molecule has 70 valence electrons. The second-order valence-corrected chi connectivity index (χ2v) is 4.30. The summed E-state index contributed by atoms with van der Waals surface area (Å²) >= 11 is 0. The van der Waals surface area contributed by atoms with Gasteiger partial charge in [-0.3, -0.25) is 4.57 Å². The zero-order valence-electron chi connectivity index (χ0n) is 6.21. The number of carbonyl (C=O) groups is 1. The van der Waals surface area contributed by atoms with Gasteiger partial charge in [-0.2, -0.15) is 0 Å². The molecule has 0 radical (unpaired) electrons. The molecule has 6 nitrogen and oxygen atoms in total. The zero-order valence-corrected chi connectivity index (χ0v) is 7.10. The van der Waals surface area contributed by atoms with Gasteiger partial charge in [0.05, 0.1) is 0 Å². The Labute approximate surface area is 68.3 Å². The Hall–Kier alpha value is -0.680. The van der Waals surface area contributed by atoms with E-state index in [1.165, 1.54) is 0 Å². The Morgan fingerprint density at radius 1 is 1.50 bits per heavy atom. The van der Waals surface area contributed by atoms with E-state index in [0.717, 1.165) is 6.92 Å². The Kier molecular flexibility index (Phi) is 3.17. The summed E-state index contributed by atoms with van der Waals surface area (Å²) in [5, 5.41) is 14.7. The lowest BCUT2D eigenvalue weighted by molar-refractivity contribution is -0.131. The van der Waals surface area contributed by atoms with Gasteiger partial charge in [0.1, 0.15) is 0 Å². The minimum absolute atomic E-state index is 0.471. The van der Waals surface area contributed by atoms with E-state index in [-0.39, 0.29) is 0 Å². The van der Waals surface area contributed by atoms with Gasteiger partial charge in [-0.25, -0.2) is 4.79 Å². The van der Waals surface area contributed by atoms with Crippen LogP contribution in [0.3, 0.4) is 0 Å². The molecule has 0 aromatic carbocycles. The SMILES string of the molecule is CC(O)(/C=C/C(=O)O)P(=O)(O)O. The molecule has 0 rings (SSSR count). The maximum absolute atomic E-state index is 10.5. The van der Waals surface area contributed by atoms with Crippen molar-refractivity contribution in [3.8, 4) is 0 Å². The number of rotatable bonds is 3. The number of aliphatic carboxylic acids is 1. The fourth-order valence-corrected chi connectivity index (χ4v) is 0.595. The van der Waals surface area contributed by atoms with Gasteiger partial charge < -0.3 is 20.0 Å². The van der Waals surface area contributed by atoms with Gasteiger partial charge in [-0.15, -0.1) is 0 Å². The van der Waals surface area contributed by atoms with E-state index < -0.39 is 18.9 Å². The highest BCUT2D eigenvalue weighted by molar-refractivity contribution is 7.53. The van der Waals surface area contributed by atoms with Crippen LogP contribution in [0.25, 0.3) is 0 Å². The van der Waals surface area contributed by atoms with Crippen LogP contribution in [0, 0.1) is 0 Å². The van der Waals surface area contributed by atoms with E-state index in [1.54, 1.807) is 0 Å². The zero-order chi connectivity index (χ0) is 9.99. The molecule has 0 aromatic heterocycles. The van der Waals surface area contributed by atoms with Crippen LogP contribution in [0.4, 0.5) is 0 Å². The minimum Gasteiger partial charge on any atom is -0.478 e. The highest BCUT2D eigenvalue weighted by Crippen LogP contribution is 2.49. The van der Waals surface area contributed by atoms with Crippen LogP contribution < -0.4 is 0 Å². The molecule has 0 aliphatic carbocycles. The molecular formula is C5H9O6P. The van der Waals surface area contributed by atoms with Crippen LogP contribution in [0.15, 0.2) is 12.2 Å². The second-order valence-electron chi connectivity index (χ2n) is 2.31. The summed E-state index contributed by atoms with van der Waals surface area (Å²) in [5.41, 5.74) is 0. The summed E-state index contributed by atoms with van der Waals surface area (Å²) in [6, 6.07) is 0. The van der Waals surface area contributed by atoms with E-state index >= 15 is 0 Å². The van der Waals surface area contributed by atoms with Crippen molar-refractivity contribution in [2.45, 2.75) is 12.3 Å². The summed E-state index contributed by atoms with van der Waals surface area (Å²) in [7, 11) is -4.72. The average molecular weight is 196 g/mol. The molecule has 1 atom stereocenters. The number of hydrogen-bond donors (Lipinski definition) is 4. The van der Waals surface area contributed by atoms with Crippen LogP contribution in [0.1, 0.15) is 6.92 Å². The highest BCUT2D eigenvalue weighted by atomic mass is 31.2. The molecule has 0 aromatic rings. The van der Waals surface area contributed by atoms with E-state index in [1.807, 2.05) is 0 Å². The molecule has 0 saturated carbocycles. The number of carboxylic acid groups (broad SMARTS) is 1. The molecule has 0 amide bonds.